The van der Waals surface area contributed by atoms with E-state index in [1.165, 1.54) is 43.4 Å². The molecule has 0 aromatic heterocycles. The number of urea groups is 1. The first kappa shape index (κ1) is 16.7. The highest BCUT2D eigenvalue weighted by molar-refractivity contribution is 5.89. The van der Waals surface area contributed by atoms with Gasteiger partial charge in [0.05, 0.1) is 0 Å². The quantitative estimate of drug-likeness (QED) is 0.669. The molecule has 0 radical (unpaired) electrons. The van der Waals surface area contributed by atoms with Gasteiger partial charge in [0.15, 0.2) is 0 Å². The van der Waals surface area contributed by atoms with Gasteiger partial charge in [-0.3, -0.25) is 20.4 Å². The van der Waals surface area contributed by atoms with Gasteiger partial charge < -0.3 is 10.6 Å². The third-order valence-corrected chi connectivity index (χ3v) is 6.86. The van der Waals surface area contributed by atoms with Crippen LogP contribution >= 0.6 is 0 Å². The number of hydrazine groups is 1. The first-order chi connectivity index (χ1) is 11.9. The lowest BCUT2D eigenvalue weighted by Gasteiger charge is -2.56. The lowest BCUT2D eigenvalue weighted by molar-refractivity contribution is -0.135. The number of hydrogen-bond acceptors (Lipinski definition) is 3. The molecule has 4 amide bonds. The van der Waals surface area contributed by atoms with Crippen LogP contribution in [0.5, 0.6) is 0 Å². The monoisotopic (exact) mass is 348 g/mol. The molecule has 5 aliphatic rings. The topological polar surface area (TPSA) is 105 Å². The summed E-state index contributed by atoms with van der Waals surface area (Å²) in [5.74, 6) is 1.94. The number of nitrogens with zero attached hydrogens (tertiary/aromatic N) is 1. The lowest BCUT2D eigenvalue weighted by atomic mass is 9.49. The first-order valence-electron chi connectivity index (χ1n) is 9.59. The summed E-state index contributed by atoms with van der Waals surface area (Å²) in [5.41, 5.74) is 10.5. The number of nitrogens with one attached hydrogen (secondary N) is 2. The van der Waals surface area contributed by atoms with Gasteiger partial charge in [-0.05, 0) is 74.5 Å². The smallest absolute Gasteiger partial charge is 0.315 e. The van der Waals surface area contributed by atoms with Gasteiger partial charge in [0.25, 0.3) is 5.91 Å². The summed E-state index contributed by atoms with van der Waals surface area (Å²) in [6.45, 7) is 0.495. The average Bonchev–Trinajstić information content (AvgIpc) is 3.00. The van der Waals surface area contributed by atoms with Crippen molar-refractivity contribution in [2.24, 2.45) is 28.9 Å². The van der Waals surface area contributed by atoms with Crippen molar-refractivity contribution >= 4 is 17.8 Å². The Hall–Kier alpha value is -1.79. The van der Waals surface area contributed by atoms with E-state index in [-0.39, 0.29) is 17.2 Å². The molecule has 7 nitrogen and oxygen atoms in total. The summed E-state index contributed by atoms with van der Waals surface area (Å²) in [5, 5.41) is 0. The Balaban J connectivity index is 1.30. The Labute approximate surface area is 148 Å². The summed E-state index contributed by atoms with van der Waals surface area (Å²) >= 11 is 0. The summed E-state index contributed by atoms with van der Waals surface area (Å²) in [7, 11) is 0. The zero-order valence-electron chi connectivity index (χ0n) is 14.6. The van der Waals surface area contributed by atoms with Crippen LogP contribution in [0.4, 0.5) is 4.79 Å². The Morgan fingerprint density at radius 1 is 1.00 bits per heavy atom. The van der Waals surface area contributed by atoms with E-state index in [1.807, 2.05) is 0 Å². The SMILES string of the molecule is NC(=O)N1CCCC1C(=O)NNC(=O)CC12CC3CC(CC(C3)C1)C2. The van der Waals surface area contributed by atoms with E-state index in [4.69, 9.17) is 5.73 Å². The van der Waals surface area contributed by atoms with Gasteiger partial charge in [-0.15, -0.1) is 0 Å². The van der Waals surface area contributed by atoms with Gasteiger partial charge in [-0.1, -0.05) is 0 Å². The minimum Gasteiger partial charge on any atom is -0.351 e. The summed E-state index contributed by atoms with van der Waals surface area (Å²) < 4.78 is 0. The van der Waals surface area contributed by atoms with Crippen molar-refractivity contribution in [1.82, 2.24) is 15.8 Å². The molecule has 1 saturated heterocycles. The van der Waals surface area contributed by atoms with Crippen LogP contribution in [-0.4, -0.2) is 35.3 Å². The molecule has 0 spiro atoms. The lowest BCUT2D eigenvalue weighted by Crippen LogP contribution is -2.54. The molecule has 4 N–H and O–H groups in total. The predicted molar refractivity (Wildman–Crippen MR) is 90.8 cm³/mol. The van der Waals surface area contributed by atoms with Gasteiger partial charge in [-0.25, -0.2) is 4.79 Å². The maximum Gasteiger partial charge on any atom is 0.315 e. The minimum atomic E-state index is -0.586. The zero-order valence-corrected chi connectivity index (χ0v) is 14.6. The maximum absolute atomic E-state index is 12.4. The van der Waals surface area contributed by atoms with Gasteiger partial charge >= 0.3 is 6.03 Å². The molecule has 138 valence electrons. The number of carbonyl (C=O) groups is 3. The van der Waals surface area contributed by atoms with Crippen molar-refractivity contribution in [1.29, 1.82) is 0 Å². The fourth-order valence-corrected chi connectivity index (χ4v) is 6.41. The summed E-state index contributed by atoms with van der Waals surface area (Å²) in [6, 6.07) is -1.16. The van der Waals surface area contributed by atoms with Crippen LogP contribution in [0.25, 0.3) is 0 Å². The van der Waals surface area contributed by atoms with Gasteiger partial charge in [-0.2, -0.15) is 0 Å². The number of nitrogens with two attached hydrogens (primary N) is 1. The van der Waals surface area contributed by atoms with Crippen LogP contribution in [-0.2, 0) is 9.59 Å². The highest BCUT2D eigenvalue weighted by Crippen LogP contribution is 2.61. The molecule has 4 aliphatic carbocycles. The molecular weight excluding hydrogens is 320 g/mol. The van der Waals surface area contributed by atoms with Gasteiger partial charge in [0, 0.05) is 13.0 Å². The number of primary amides is 1. The van der Waals surface area contributed by atoms with Crippen LogP contribution in [0, 0.1) is 23.2 Å². The Morgan fingerprint density at radius 3 is 2.16 bits per heavy atom. The van der Waals surface area contributed by atoms with Crippen LogP contribution in [0.15, 0.2) is 0 Å². The van der Waals surface area contributed by atoms with E-state index >= 15 is 0 Å². The Bertz CT molecular complexity index is 556. The zero-order chi connectivity index (χ0) is 17.6. The van der Waals surface area contributed by atoms with Crippen LogP contribution in [0.3, 0.4) is 0 Å². The van der Waals surface area contributed by atoms with Crippen molar-refractivity contribution in [3.63, 3.8) is 0 Å². The molecule has 7 heteroatoms. The predicted octanol–water partition coefficient (Wildman–Crippen LogP) is 1.28. The summed E-state index contributed by atoms with van der Waals surface area (Å²) in [6.07, 6.45) is 9.38. The molecule has 5 rings (SSSR count). The normalized spacial score (nSPS) is 38.6. The van der Waals surface area contributed by atoms with E-state index < -0.39 is 12.1 Å². The second kappa shape index (κ2) is 6.18. The fraction of sp³-hybridized carbons (Fsp3) is 0.833. The molecule has 1 unspecified atom stereocenters. The van der Waals surface area contributed by atoms with Gasteiger partial charge in [0.2, 0.25) is 5.91 Å². The molecule has 5 fully saturated rings. The van der Waals surface area contributed by atoms with Gasteiger partial charge in [0.1, 0.15) is 6.04 Å². The second-order valence-corrected chi connectivity index (χ2v) is 8.82. The number of rotatable bonds is 3. The molecule has 0 aromatic carbocycles. The highest BCUT2D eigenvalue weighted by Gasteiger charge is 2.51. The standard InChI is InChI=1S/C18H28N4O3/c19-17(25)22-3-1-2-14(22)16(24)21-20-15(23)10-18-7-11-4-12(8-18)6-13(5-11)9-18/h11-14H,1-10H2,(H2,19,25)(H,20,23)(H,21,24). The molecule has 1 atom stereocenters. The molecular formula is C18H28N4O3. The van der Waals surface area contributed by atoms with Crippen LogP contribution in [0.2, 0.25) is 0 Å². The largest absolute Gasteiger partial charge is 0.351 e. The molecule has 4 saturated carbocycles. The number of carbonyl (C=O) groups excluding carboxylic acids is 3. The minimum absolute atomic E-state index is 0.112. The maximum atomic E-state index is 12.4. The molecule has 25 heavy (non-hydrogen) atoms. The molecule has 1 heterocycles. The number of amides is 4. The van der Waals surface area contributed by atoms with Crippen molar-refractivity contribution in [2.45, 2.75) is 63.8 Å². The number of hydrogen-bond donors (Lipinski definition) is 3. The van der Waals surface area contributed by atoms with E-state index in [9.17, 15) is 14.4 Å². The third-order valence-electron chi connectivity index (χ3n) is 6.86. The van der Waals surface area contributed by atoms with Crippen LogP contribution < -0.4 is 16.6 Å². The second-order valence-electron chi connectivity index (χ2n) is 8.82. The van der Waals surface area contributed by atoms with E-state index in [0.29, 0.717) is 19.4 Å². The number of likely N-dealkylation sites (tertiary alicyclic amines) is 1. The Morgan fingerprint density at radius 2 is 1.60 bits per heavy atom. The van der Waals surface area contributed by atoms with E-state index in [1.54, 1.807) is 0 Å². The van der Waals surface area contributed by atoms with Crippen molar-refractivity contribution in [2.75, 3.05) is 6.54 Å². The van der Waals surface area contributed by atoms with Crippen LogP contribution in [0.1, 0.15) is 57.8 Å². The van der Waals surface area contributed by atoms with Crippen molar-refractivity contribution in [3.05, 3.63) is 0 Å². The molecule has 4 bridgehead atoms. The van der Waals surface area contributed by atoms with Crippen molar-refractivity contribution in [3.8, 4) is 0 Å². The Kier molecular flexibility index (Phi) is 4.12. The van der Waals surface area contributed by atoms with Crippen molar-refractivity contribution < 1.29 is 14.4 Å². The first-order valence-corrected chi connectivity index (χ1v) is 9.59. The average molecular weight is 348 g/mol. The highest BCUT2D eigenvalue weighted by atomic mass is 16.2. The van der Waals surface area contributed by atoms with E-state index in [0.717, 1.165) is 24.2 Å². The summed E-state index contributed by atoms with van der Waals surface area (Å²) in [4.78, 5) is 37.4. The molecule has 0 aromatic rings. The third kappa shape index (κ3) is 3.20. The molecule has 1 aliphatic heterocycles. The van der Waals surface area contributed by atoms with E-state index in [2.05, 4.69) is 10.9 Å². The fourth-order valence-electron chi connectivity index (χ4n) is 6.41.